The summed E-state index contributed by atoms with van der Waals surface area (Å²) in [4.78, 5) is 38.1. The van der Waals surface area contributed by atoms with E-state index in [9.17, 15) is 14.4 Å². The number of hydrogen-bond donors (Lipinski definition) is 0. The summed E-state index contributed by atoms with van der Waals surface area (Å²) >= 11 is 0. The molecule has 6 nitrogen and oxygen atoms in total. The fourth-order valence-corrected chi connectivity index (χ4v) is 9.02. The van der Waals surface area contributed by atoms with E-state index >= 15 is 0 Å². The molecule has 6 heteroatoms. The molecular weight excluding hydrogens is 805 g/mol. The molecule has 0 heterocycles. The van der Waals surface area contributed by atoms with Crippen molar-refractivity contribution in [3.63, 3.8) is 0 Å². The highest BCUT2D eigenvalue weighted by Gasteiger charge is 2.19. The lowest BCUT2D eigenvalue weighted by molar-refractivity contribution is -0.167. The molecule has 1 unspecified atom stereocenters. The predicted molar refractivity (Wildman–Crippen MR) is 280 cm³/mol. The Balaban J connectivity index is 4.28. The third kappa shape index (κ3) is 51.6. The molecule has 0 saturated heterocycles. The van der Waals surface area contributed by atoms with Gasteiger partial charge in [0.05, 0.1) is 0 Å². The first-order valence-electron chi connectivity index (χ1n) is 29.3. The molecule has 0 fully saturated rings. The fraction of sp³-hybridized carbons (Fsp3) is 0.949. The van der Waals surface area contributed by atoms with Crippen molar-refractivity contribution in [3.05, 3.63) is 0 Å². The molecule has 0 aromatic heterocycles. The quantitative estimate of drug-likeness (QED) is 0.0344. The van der Waals surface area contributed by atoms with E-state index in [1.807, 2.05) is 0 Å². The van der Waals surface area contributed by atoms with Gasteiger partial charge in [-0.1, -0.05) is 291 Å². The van der Waals surface area contributed by atoms with E-state index in [0.717, 1.165) is 69.6 Å². The normalized spacial score (nSPS) is 12.5. The van der Waals surface area contributed by atoms with Gasteiger partial charge in [-0.3, -0.25) is 14.4 Å². The molecule has 0 radical (unpaired) electrons. The van der Waals surface area contributed by atoms with Crippen LogP contribution in [0.15, 0.2) is 0 Å². The van der Waals surface area contributed by atoms with Gasteiger partial charge in [-0.2, -0.15) is 0 Å². The van der Waals surface area contributed by atoms with E-state index in [1.54, 1.807) is 0 Å². The van der Waals surface area contributed by atoms with E-state index in [4.69, 9.17) is 14.2 Å². The van der Waals surface area contributed by atoms with Crippen molar-refractivity contribution in [3.8, 4) is 0 Å². The third-order valence-electron chi connectivity index (χ3n) is 13.8. The summed E-state index contributed by atoms with van der Waals surface area (Å²) in [5.41, 5.74) is 0. The monoisotopic (exact) mass is 919 g/mol. The van der Waals surface area contributed by atoms with Crippen LogP contribution in [-0.2, 0) is 28.6 Å². The molecule has 386 valence electrons. The van der Waals surface area contributed by atoms with Gasteiger partial charge in [-0.15, -0.1) is 0 Å². The van der Waals surface area contributed by atoms with Crippen LogP contribution in [0.1, 0.15) is 330 Å². The summed E-state index contributed by atoms with van der Waals surface area (Å²) in [7, 11) is 0. The Bertz CT molecular complexity index is 995. The molecule has 0 aliphatic carbocycles. The minimum atomic E-state index is -0.763. The number of carbonyl (C=O) groups excluding carboxylic acids is 3. The second kappa shape index (κ2) is 51.8. The number of carbonyl (C=O) groups is 3. The van der Waals surface area contributed by atoms with Crippen LogP contribution in [-0.4, -0.2) is 37.2 Å². The van der Waals surface area contributed by atoms with E-state index in [2.05, 4.69) is 34.6 Å². The molecule has 0 amide bonds. The van der Waals surface area contributed by atoms with Crippen LogP contribution < -0.4 is 0 Å². The summed E-state index contributed by atoms with van der Waals surface area (Å²) in [6, 6.07) is 0. The number of esters is 3. The zero-order valence-electron chi connectivity index (χ0n) is 44.6. The summed E-state index contributed by atoms with van der Waals surface area (Å²) < 4.78 is 16.9. The molecule has 2 atom stereocenters. The molecule has 0 spiro atoms. The smallest absolute Gasteiger partial charge is 0.306 e. The van der Waals surface area contributed by atoms with Crippen molar-refractivity contribution in [1.29, 1.82) is 0 Å². The van der Waals surface area contributed by atoms with Crippen molar-refractivity contribution in [2.24, 2.45) is 11.8 Å². The maximum absolute atomic E-state index is 12.9. The van der Waals surface area contributed by atoms with Gasteiger partial charge in [0.25, 0.3) is 0 Å². The van der Waals surface area contributed by atoms with Crippen LogP contribution in [0.2, 0.25) is 0 Å². The molecular formula is C59H114O6. The highest BCUT2D eigenvalue weighted by molar-refractivity contribution is 5.71. The van der Waals surface area contributed by atoms with Gasteiger partial charge in [0.15, 0.2) is 6.10 Å². The summed E-state index contributed by atoms with van der Waals surface area (Å²) in [5, 5.41) is 0. The minimum Gasteiger partial charge on any atom is -0.462 e. The Morgan fingerprint density at radius 2 is 0.585 bits per heavy atom. The first-order valence-corrected chi connectivity index (χ1v) is 29.3. The van der Waals surface area contributed by atoms with Crippen molar-refractivity contribution in [1.82, 2.24) is 0 Å². The average molecular weight is 920 g/mol. The molecule has 0 saturated carbocycles. The van der Waals surface area contributed by atoms with Gasteiger partial charge < -0.3 is 14.2 Å². The zero-order valence-corrected chi connectivity index (χ0v) is 44.6. The first-order chi connectivity index (χ1) is 31.8. The third-order valence-corrected chi connectivity index (χ3v) is 13.8. The minimum absolute atomic E-state index is 0.0629. The second-order valence-electron chi connectivity index (χ2n) is 21.0. The van der Waals surface area contributed by atoms with Crippen LogP contribution in [0, 0.1) is 11.8 Å². The average Bonchev–Trinajstić information content (AvgIpc) is 3.29. The van der Waals surface area contributed by atoms with Gasteiger partial charge in [-0.25, -0.2) is 0 Å². The number of unbranched alkanes of at least 4 members (excludes halogenated alkanes) is 37. The van der Waals surface area contributed by atoms with E-state index in [1.165, 1.54) is 218 Å². The predicted octanol–water partition coefficient (Wildman–Crippen LogP) is 19.3. The molecule has 0 rings (SSSR count). The lowest BCUT2D eigenvalue weighted by atomic mass is 9.99. The van der Waals surface area contributed by atoms with Crippen molar-refractivity contribution < 1.29 is 28.6 Å². The highest BCUT2D eigenvalue weighted by atomic mass is 16.6. The van der Waals surface area contributed by atoms with Crippen LogP contribution in [0.25, 0.3) is 0 Å². The molecule has 0 aromatic rings. The largest absolute Gasteiger partial charge is 0.462 e. The van der Waals surface area contributed by atoms with E-state index < -0.39 is 6.10 Å². The Labute approximate surface area is 406 Å². The van der Waals surface area contributed by atoms with Crippen molar-refractivity contribution in [2.45, 2.75) is 336 Å². The fourth-order valence-electron chi connectivity index (χ4n) is 9.02. The Kier molecular flexibility index (Phi) is 50.5. The van der Waals surface area contributed by atoms with E-state index in [0.29, 0.717) is 19.3 Å². The number of ether oxygens (including phenoxy) is 3. The number of rotatable bonds is 53. The molecule has 0 N–H and O–H groups in total. The van der Waals surface area contributed by atoms with Gasteiger partial charge in [0, 0.05) is 19.3 Å². The molecule has 65 heavy (non-hydrogen) atoms. The summed E-state index contributed by atoms with van der Waals surface area (Å²) in [6.07, 6.45) is 55.2. The zero-order chi connectivity index (χ0) is 47.5. The highest BCUT2D eigenvalue weighted by Crippen LogP contribution is 2.19. The van der Waals surface area contributed by atoms with Gasteiger partial charge in [-0.05, 0) is 31.1 Å². The van der Waals surface area contributed by atoms with Gasteiger partial charge in [0.2, 0.25) is 0 Å². The van der Waals surface area contributed by atoms with Crippen LogP contribution >= 0.6 is 0 Å². The summed E-state index contributed by atoms with van der Waals surface area (Å²) in [6.45, 7) is 11.4. The van der Waals surface area contributed by atoms with Gasteiger partial charge >= 0.3 is 17.9 Å². The Hall–Kier alpha value is -1.59. The van der Waals surface area contributed by atoms with Gasteiger partial charge in [0.1, 0.15) is 13.2 Å². The second-order valence-corrected chi connectivity index (χ2v) is 21.0. The Morgan fingerprint density at radius 1 is 0.323 bits per heavy atom. The lowest BCUT2D eigenvalue weighted by Crippen LogP contribution is -2.30. The maximum Gasteiger partial charge on any atom is 0.306 e. The van der Waals surface area contributed by atoms with Crippen LogP contribution in [0.4, 0.5) is 0 Å². The topological polar surface area (TPSA) is 78.9 Å². The Morgan fingerprint density at radius 3 is 0.877 bits per heavy atom. The molecule has 0 aromatic carbocycles. The SMILES string of the molecule is CCCCCCCCCCCCCCCCCCCC(=O)OC[C@H](COC(=O)CCCCCCCCCCC(C)CC)OC(=O)CCCCCCCCCCCCCCCCCC(C)C. The molecule has 0 aliphatic heterocycles. The van der Waals surface area contributed by atoms with E-state index in [-0.39, 0.29) is 31.1 Å². The van der Waals surface area contributed by atoms with Crippen molar-refractivity contribution >= 4 is 17.9 Å². The van der Waals surface area contributed by atoms with Crippen LogP contribution in [0.5, 0.6) is 0 Å². The standard InChI is InChI=1S/C59H114O6/c1-6-8-9-10-11-12-13-14-15-16-19-22-25-28-34-39-44-49-57(60)63-52-56(53-64-58(61)50-45-40-35-31-30-33-38-43-48-55(5)7-2)65-59(62)51-46-41-36-29-26-23-20-17-18-21-24-27-32-37-42-47-54(3)4/h54-56H,6-53H2,1-5H3/t55?,56-/m1/s1. The van der Waals surface area contributed by atoms with Crippen molar-refractivity contribution in [2.75, 3.05) is 13.2 Å². The molecule has 0 bridgehead atoms. The maximum atomic E-state index is 12.9. The summed E-state index contributed by atoms with van der Waals surface area (Å²) in [5.74, 6) is 0.855. The number of hydrogen-bond acceptors (Lipinski definition) is 6. The van der Waals surface area contributed by atoms with Crippen LogP contribution in [0.3, 0.4) is 0 Å². The first kappa shape index (κ1) is 63.4. The molecule has 0 aliphatic rings. The lowest BCUT2D eigenvalue weighted by Gasteiger charge is -2.18.